The number of amides is 2. The number of rotatable bonds is 7. The Morgan fingerprint density at radius 1 is 1.38 bits per heavy atom. The molecule has 9 heteroatoms. The summed E-state index contributed by atoms with van der Waals surface area (Å²) in [6.07, 6.45) is 2.26. The summed E-state index contributed by atoms with van der Waals surface area (Å²) >= 11 is 0. The van der Waals surface area contributed by atoms with Gasteiger partial charge >= 0.3 is 12.0 Å². The molecule has 1 rings (SSSR count). The van der Waals surface area contributed by atoms with Gasteiger partial charge in [-0.25, -0.2) is 18.0 Å². The fraction of sp³-hybridized carbons (Fsp3) is 0.500. The van der Waals surface area contributed by atoms with Gasteiger partial charge in [-0.2, -0.15) is 0 Å². The number of aliphatic carboxylic acids is 1. The number of urea groups is 1. The van der Waals surface area contributed by atoms with Crippen LogP contribution >= 0.6 is 0 Å². The van der Waals surface area contributed by atoms with Crippen molar-refractivity contribution in [3.05, 3.63) is 24.2 Å². The Bertz CT molecular complexity index is 581. The zero-order valence-corrected chi connectivity index (χ0v) is 12.5. The van der Waals surface area contributed by atoms with Gasteiger partial charge in [0.05, 0.1) is 18.1 Å². The monoisotopic (exact) mass is 318 g/mol. The van der Waals surface area contributed by atoms with Crippen molar-refractivity contribution in [3.8, 4) is 0 Å². The molecule has 8 nitrogen and oxygen atoms in total. The summed E-state index contributed by atoms with van der Waals surface area (Å²) < 4.78 is 27.2. The molecule has 0 fully saturated rings. The molecule has 3 N–H and O–H groups in total. The van der Waals surface area contributed by atoms with E-state index in [0.29, 0.717) is 5.76 Å². The summed E-state index contributed by atoms with van der Waals surface area (Å²) in [6, 6.07) is 0.911. The average Bonchev–Trinajstić information content (AvgIpc) is 2.86. The van der Waals surface area contributed by atoms with E-state index in [1.807, 2.05) is 0 Å². The lowest BCUT2D eigenvalue weighted by atomic mass is 10.2. The fourth-order valence-corrected chi connectivity index (χ4v) is 2.26. The van der Waals surface area contributed by atoms with Crippen molar-refractivity contribution in [2.75, 3.05) is 12.0 Å². The van der Waals surface area contributed by atoms with Crippen LogP contribution in [0.4, 0.5) is 4.79 Å². The summed E-state index contributed by atoms with van der Waals surface area (Å²) in [6.45, 7) is 1.67. The normalized spacial score (nSPS) is 14.2. The molecule has 0 aromatic carbocycles. The molecule has 2 atom stereocenters. The minimum absolute atomic E-state index is 0.198. The molecule has 1 aromatic heterocycles. The molecular weight excluding hydrogens is 300 g/mol. The van der Waals surface area contributed by atoms with Gasteiger partial charge in [-0.15, -0.1) is 0 Å². The molecule has 0 aliphatic rings. The Hall–Kier alpha value is -2.03. The van der Waals surface area contributed by atoms with Crippen LogP contribution in [-0.2, 0) is 14.6 Å². The van der Waals surface area contributed by atoms with Crippen LogP contribution in [0.3, 0.4) is 0 Å². The predicted molar refractivity (Wildman–Crippen MR) is 74.5 cm³/mol. The van der Waals surface area contributed by atoms with Gasteiger partial charge in [-0.05, 0) is 25.5 Å². The van der Waals surface area contributed by atoms with E-state index < -0.39 is 33.9 Å². The molecule has 0 aliphatic carbocycles. The third kappa shape index (κ3) is 6.30. The number of carbonyl (C=O) groups excluding carboxylic acids is 1. The average molecular weight is 318 g/mol. The highest BCUT2D eigenvalue weighted by Gasteiger charge is 2.22. The first-order valence-electron chi connectivity index (χ1n) is 6.20. The minimum atomic E-state index is -3.30. The molecule has 0 spiro atoms. The summed E-state index contributed by atoms with van der Waals surface area (Å²) in [5, 5.41) is 13.7. The first kappa shape index (κ1) is 17.0. The summed E-state index contributed by atoms with van der Waals surface area (Å²) in [7, 11) is -3.30. The van der Waals surface area contributed by atoms with Crippen molar-refractivity contribution in [2.24, 2.45) is 0 Å². The van der Waals surface area contributed by atoms with Crippen molar-refractivity contribution in [3.63, 3.8) is 0 Å². The first-order valence-corrected chi connectivity index (χ1v) is 8.26. The van der Waals surface area contributed by atoms with Crippen molar-refractivity contribution in [1.29, 1.82) is 0 Å². The van der Waals surface area contributed by atoms with Gasteiger partial charge in [0.1, 0.15) is 21.6 Å². The first-order chi connectivity index (χ1) is 9.69. The van der Waals surface area contributed by atoms with Crippen molar-refractivity contribution < 1.29 is 27.5 Å². The smallest absolute Gasteiger partial charge is 0.326 e. The van der Waals surface area contributed by atoms with E-state index in [9.17, 15) is 18.0 Å². The topological polar surface area (TPSA) is 126 Å². The van der Waals surface area contributed by atoms with Gasteiger partial charge in [0.25, 0.3) is 0 Å². The zero-order valence-electron chi connectivity index (χ0n) is 11.7. The van der Waals surface area contributed by atoms with Gasteiger partial charge in [0.2, 0.25) is 0 Å². The molecule has 1 aromatic rings. The van der Waals surface area contributed by atoms with Crippen LogP contribution in [-0.4, -0.2) is 43.6 Å². The van der Waals surface area contributed by atoms with E-state index in [4.69, 9.17) is 9.52 Å². The van der Waals surface area contributed by atoms with Crippen molar-refractivity contribution in [2.45, 2.75) is 25.4 Å². The van der Waals surface area contributed by atoms with E-state index in [0.717, 1.165) is 6.26 Å². The van der Waals surface area contributed by atoms with Gasteiger partial charge < -0.3 is 20.2 Å². The second-order valence-corrected chi connectivity index (χ2v) is 6.92. The molecule has 21 heavy (non-hydrogen) atoms. The Balaban J connectivity index is 2.54. The number of carboxylic acids is 1. The van der Waals surface area contributed by atoms with Crippen LogP contribution in [0.5, 0.6) is 0 Å². The zero-order chi connectivity index (χ0) is 16.0. The van der Waals surface area contributed by atoms with Gasteiger partial charge in [0.15, 0.2) is 0 Å². The molecular formula is C12H18N2O6S. The maximum atomic E-state index is 11.7. The number of furan rings is 1. The SMILES string of the molecule is CC(NC(=O)NC(CCS(C)(=O)=O)C(=O)O)c1ccco1. The van der Waals surface area contributed by atoms with Crippen molar-refractivity contribution >= 4 is 21.8 Å². The number of sulfone groups is 1. The van der Waals surface area contributed by atoms with Crippen LogP contribution in [0.2, 0.25) is 0 Å². The number of hydrogen-bond acceptors (Lipinski definition) is 5. The molecule has 0 saturated carbocycles. The minimum Gasteiger partial charge on any atom is -0.480 e. The van der Waals surface area contributed by atoms with Crippen LogP contribution < -0.4 is 10.6 Å². The van der Waals surface area contributed by atoms with Crippen LogP contribution in [0.1, 0.15) is 25.1 Å². The summed E-state index contributed by atoms with van der Waals surface area (Å²) in [4.78, 5) is 22.7. The third-order valence-electron chi connectivity index (χ3n) is 2.70. The Morgan fingerprint density at radius 2 is 2.05 bits per heavy atom. The van der Waals surface area contributed by atoms with E-state index in [2.05, 4.69) is 10.6 Å². The van der Waals surface area contributed by atoms with E-state index in [1.165, 1.54) is 6.26 Å². The Morgan fingerprint density at radius 3 is 2.52 bits per heavy atom. The molecule has 118 valence electrons. The molecule has 0 radical (unpaired) electrons. The van der Waals surface area contributed by atoms with Crippen molar-refractivity contribution in [1.82, 2.24) is 10.6 Å². The van der Waals surface area contributed by atoms with E-state index in [-0.39, 0.29) is 12.2 Å². The highest BCUT2D eigenvalue weighted by molar-refractivity contribution is 7.90. The molecule has 2 unspecified atom stereocenters. The van der Waals surface area contributed by atoms with Gasteiger partial charge in [-0.3, -0.25) is 0 Å². The molecule has 0 saturated heterocycles. The van der Waals surface area contributed by atoms with Crippen LogP contribution in [0, 0.1) is 0 Å². The highest BCUT2D eigenvalue weighted by atomic mass is 32.2. The molecule has 0 aliphatic heterocycles. The Kier molecular flexibility index (Phi) is 5.77. The maximum Gasteiger partial charge on any atom is 0.326 e. The van der Waals surface area contributed by atoms with Crippen LogP contribution in [0.15, 0.2) is 22.8 Å². The summed E-state index contributed by atoms with van der Waals surface area (Å²) in [5.41, 5.74) is 0. The lowest BCUT2D eigenvalue weighted by Crippen LogP contribution is -2.47. The van der Waals surface area contributed by atoms with Gasteiger partial charge in [-0.1, -0.05) is 0 Å². The molecule has 2 amide bonds. The molecule has 1 heterocycles. The number of carbonyl (C=O) groups is 2. The lowest BCUT2D eigenvalue weighted by Gasteiger charge is -2.17. The van der Waals surface area contributed by atoms with E-state index >= 15 is 0 Å². The third-order valence-corrected chi connectivity index (χ3v) is 3.68. The number of nitrogens with one attached hydrogen (secondary N) is 2. The predicted octanol–water partition coefficient (Wildman–Crippen LogP) is 0.528. The second kappa shape index (κ2) is 7.11. The van der Waals surface area contributed by atoms with E-state index in [1.54, 1.807) is 19.1 Å². The maximum absolute atomic E-state index is 11.7. The standard InChI is InChI=1S/C12H18N2O6S/c1-8(10-4-3-6-20-10)13-12(17)14-9(11(15)16)5-7-21(2,18)19/h3-4,6,8-9H,5,7H2,1-2H3,(H,15,16)(H2,13,14,17). The van der Waals surface area contributed by atoms with Gasteiger partial charge in [0, 0.05) is 6.26 Å². The molecule has 0 bridgehead atoms. The summed E-state index contributed by atoms with van der Waals surface area (Å²) in [5.74, 6) is -1.09. The lowest BCUT2D eigenvalue weighted by molar-refractivity contribution is -0.139. The number of hydrogen-bond donors (Lipinski definition) is 3. The fourth-order valence-electron chi connectivity index (χ4n) is 1.59. The largest absolute Gasteiger partial charge is 0.480 e. The highest BCUT2D eigenvalue weighted by Crippen LogP contribution is 2.11. The van der Waals surface area contributed by atoms with Crippen LogP contribution in [0.25, 0.3) is 0 Å². The second-order valence-electron chi connectivity index (χ2n) is 4.66. The quantitative estimate of drug-likeness (QED) is 0.673. The number of carboxylic acid groups (broad SMARTS) is 1. The Labute approximate surface area is 122 Å².